The predicted octanol–water partition coefficient (Wildman–Crippen LogP) is 3.80. The zero-order valence-corrected chi connectivity index (χ0v) is 16.0. The maximum atomic E-state index is 4.38. The fourth-order valence-corrected chi connectivity index (χ4v) is 3.47. The molecule has 6 heteroatoms. The number of hydrogen-bond donors (Lipinski definition) is 2. The van der Waals surface area contributed by atoms with Crippen LogP contribution in [-0.2, 0) is 0 Å². The molecule has 0 saturated carbocycles. The van der Waals surface area contributed by atoms with Gasteiger partial charge in [0.1, 0.15) is 0 Å². The number of nitrogens with one attached hydrogen (secondary N) is 2. The second-order valence-corrected chi connectivity index (χ2v) is 7.48. The Morgan fingerprint density at radius 2 is 1.92 bits per heavy atom. The standard InChI is InChI=1S/C18H21BrN4S/c1-14-2-5-17(6-3-14)24-22-21-13-15-12-16(19)4-7-18(15)23-10-8-20-9-11-23/h2-7,12-13,20,22H,8-11H2,1H3/b21-13+. The summed E-state index contributed by atoms with van der Waals surface area (Å²) in [6, 6.07) is 14.7. The van der Waals surface area contributed by atoms with Crippen molar-refractivity contribution in [3.8, 4) is 0 Å². The highest BCUT2D eigenvalue weighted by atomic mass is 79.9. The van der Waals surface area contributed by atoms with Crippen molar-refractivity contribution in [2.24, 2.45) is 5.10 Å². The minimum absolute atomic E-state index is 1.02. The average molecular weight is 405 g/mol. The van der Waals surface area contributed by atoms with Gasteiger partial charge in [0, 0.05) is 58.7 Å². The van der Waals surface area contributed by atoms with E-state index in [1.165, 1.54) is 23.2 Å². The van der Waals surface area contributed by atoms with Crippen LogP contribution in [0.3, 0.4) is 0 Å². The molecule has 0 atom stereocenters. The van der Waals surface area contributed by atoms with Gasteiger partial charge in [0.25, 0.3) is 0 Å². The van der Waals surface area contributed by atoms with Crippen LogP contribution in [0.4, 0.5) is 5.69 Å². The number of benzene rings is 2. The first-order valence-electron chi connectivity index (χ1n) is 7.99. The maximum absolute atomic E-state index is 4.38. The number of hydrazone groups is 1. The van der Waals surface area contributed by atoms with Gasteiger partial charge >= 0.3 is 0 Å². The molecular formula is C18H21BrN4S. The zero-order chi connectivity index (χ0) is 16.8. The molecule has 1 aliphatic rings. The summed E-state index contributed by atoms with van der Waals surface area (Å²) in [6.45, 7) is 6.18. The molecule has 1 aliphatic heterocycles. The Kier molecular flexibility index (Phi) is 6.18. The number of hydrogen-bond acceptors (Lipinski definition) is 5. The molecule has 0 aliphatic carbocycles. The predicted molar refractivity (Wildman–Crippen MR) is 107 cm³/mol. The van der Waals surface area contributed by atoms with Gasteiger partial charge in [-0.1, -0.05) is 33.6 Å². The quantitative estimate of drug-likeness (QED) is 0.451. The summed E-state index contributed by atoms with van der Waals surface area (Å²) in [5, 5.41) is 7.77. The highest BCUT2D eigenvalue weighted by Gasteiger charge is 2.13. The minimum atomic E-state index is 1.02. The number of piperazine rings is 1. The van der Waals surface area contributed by atoms with Crippen LogP contribution in [0.15, 0.2) is 56.9 Å². The Bertz CT molecular complexity index is 697. The molecule has 24 heavy (non-hydrogen) atoms. The molecule has 2 N–H and O–H groups in total. The van der Waals surface area contributed by atoms with Crippen molar-refractivity contribution in [2.75, 3.05) is 31.1 Å². The zero-order valence-electron chi connectivity index (χ0n) is 13.6. The van der Waals surface area contributed by atoms with E-state index in [9.17, 15) is 0 Å². The largest absolute Gasteiger partial charge is 0.368 e. The van der Waals surface area contributed by atoms with Crippen molar-refractivity contribution < 1.29 is 0 Å². The van der Waals surface area contributed by atoms with E-state index < -0.39 is 0 Å². The van der Waals surface area contributed by atoms with Gasteiger partial charge in [-0.3, -0.25) is 0 Å². The monoisotopic (exact) mass is 404 g/mol. The smallest absolute Gasteiger partial charge is 0.0572 e. The topological polar surface area (TPSA) is 39.7 Å². The number of rotatable bonds is 5. The summed E-state index contributed by atoms with van der Waals surface area (Å²) in [6.07, 6.45) is 1.89. The van der Waals surface area contributed by atoms with Crippen molar-refractivity contribution in [3.05, 3.63) is 58.1 Å². The van der Waals surface area contributed by atoms with Gasteiger partial charge in [0.05, 0.1) is 6.21 Å². The van der Waals surface area contributed by atoms with Gasteiger partial charge in [0.2, 0.25) is 0 Å². The molecule has 3 rings (SSSR count). The van der Waals surface area contributed by atoms with Gasteiger partial charge < -0.3 is 10.2 Å². The minimum Gasteiger partial charge on any atom is -0.368 e. The molecular weight excluding hydrogens is 384 g/mol. The van der Waals surface area contributed by atoms with Crippen molar-refractivity contribution in [3.63, 3.8) is 0 Å². The molecule has 0 amide bonds. The van der Waals surface area contributed by atoms with E-state index in [2.05, 4.69) is 85.5 Å². The van der Waals surface area contributed by atoms with Crippen LogP contribution in [0, 0.1) is 6.92 Å². The molecule has 0 aromatic heterocycles. The maximum Gasteiger partial charge on any atom is 0.0572 e. The van der Waals surface area contributed by atoms with E-state index in [-0.39, 0.29) is 0 Å². The molecule has 0 radical (unpaired) electrons. The van der Waals surface area contributed by atoms with Gasteiger partial charge in [-0.25, -0.2) is 4.83 Å². The van der Waals surface area contributed by atoms with E-state index in [0.717, 1.165) is 41.1 Å². The SMILES string of the molecule is Cc1ccc(SN/N=C/c2cc(Br)ccc2N2CCNCC2)cc1. The molecule has 4 nitrogen and oxygen atoms in total. The average Bonchev–Trinajstić information content (AvgIpc) is 2.61. The van der Waals surface area contributed by atoms with Crippen LogP contribution >= 0.6 is 27.9 Å². The van der Waals surface area contributed by atoms with Crippen molar-refractivity contribution >= 4 is 39.8 Å². The number of nitrogens with zero attached hydrogens (tertiary/aromatic N) is 2. The Labute approximate surface area is 156 Å². The van der Waals surface area contributed by atoms with Gasteiger partial charge in [0.15, 0.2) is 0 Å². The first-order chi connectivity index (χ1) is 11.7. The summed E-state index contributed by atoms with van der Waals surface area (Å²) in [5.41, 5.74) is 3.60. The summed E-state index contributed by atoms with van der Waals surface area (Å²) >= 11 is 5.07. The van der Waals surface area contributed by atoms with Crippen LogP contribution in [-0.4, -0.2) is 32.4 Å². The lowest BCUT2D eigenvalue weighted by Gasteiger charge is -2.30. The molecule has 2 aromatic rings. The van der Waals surface area contributed by atoms with Crippen LogP contribution in [0.5, 0.6) is 0 Å². The van der Waals surface area contributed by atoms with Crippen LogP contribution < -0.4 is 15.0 Å². The van der Waals surface area contributed by atoms with E-state index in [1.807, 2.05) is 6.21 Å². The van der Waals surface area contributed by atoms with E-state index in [1.54, 1.807) is 0 Å². The molecule has 0 unspecified atom stereocenters. The summed E-state index contributed by atoms with van der Waals surface area (Å²) in [5.74, 6) is 0. The lowest BCUT2D eigenvalue weighted by molar-refractivity contribution is 0.589. The van der Waals surface area contributed by atoms with Crippen molar-refractivity contribution in [1.29, 1.82) is 0 Å². The number of anilines is 1. The second-order valence-electron chi connectivity index (χ2n) is 5.70. The van der Waals surface area contributed by atoms with Gasteiger partial charge in [-0.15, -0.1) is 0 Å². The molecule has 0 bridgehead atoms. The first-order valence-corrected chi connectivity index (χ1v) is 9.60. The highest BCUT2D eigenvalue weighted by molar-refractivity contribution is 9.10. The van der Waals surface area contributed by atoms with E-state index in [4.69, 9.17) is 0 Å². The van der Waals surface area contributed by atoms with Crippen molar-refractivity contribution in [1.82, 2.24) is 10.1 Å². The number of halogens is 1. The third-order valence-electron chi connectivity index (χ3n) is 3.89. The van der Waals surface area contributed by atoms with E-state index >= 15 is 0 Å². The Hall–Kier alpha value is -1.50. The number of aryl methyl sites for hydroxylation is 1. The molecule has 2 aromatic carbocycles. The fourth-order valence-electron chi connectivity index (χ4n) is 2.60. The second kappa shape index (κ2) is 8.55. The van der Waals surface area contributed by atoms with Crippen LogP contribution in [0.2, 0.25) is 0 Å². The first kappa shape index (κ1) is 17.3. The van der Waals surface area contributed by atoms with Gasteiger partial charge in [-0.05, 0) is 37.3 Å². The Morgan fingerprint density at radius 3 is 2.67 bits per heavy atom. The lowest BCUT2D eigenvalue weighted by Crippen LogP contribution is -2.43. The molecule has 1 saturated heterocycles. The molecule has 126 valence electrons. The summed E-state index contributed by atoms with van der Waals surface area (Å²) < 4.78 is 1.06. The fraction of sp³-hybridized carbons (Fsp3) is 0.278. The summed E-state index contributed by atoms with van der Waals surface area (Å²) in [7, 11) is 0. The van der Waals surface area contributed by atoms with Crippen LogP contribution in [0.1, 0.15) is 11.1 Å². The lowest BCUT2D eigenvalue weighted by atomic mass is 10.1. The third-order valence-corrected chi connectivity index (χ3v) is 5.09. The van der Waals surface area contributed by atoms with Gasteiger partial charge in [-0.2, -0.15) is 5.10 Å². The highest BCUT2D eigenvalue weighted by Crippen LogP contribution is 2.24. The summed E-state index contributed by atoms with van der Waals surface area (Å²) in [4.78, 5) is 6.61. The third kappa shape index (κ3) is 4.75. The van der Waals surface area contributed by atoms with Crippen LogP contribution in [0.25, 0.3) is 0 Å². The molecule has 1 heterocycles. The Morgan fingerprint density at radius 1 is 1.17 bits per heavy atom. The molecule has 1 fully saturated rings. The Balaban J connectivity index is 1.66. The normalized spacial score (nSPS) is 15.0. The van der Waals surface area contributed by atoms with E-state index in [0.29, 0.717) is 0 Å². The molecule has 0 spiro atoms. The van der Waals surface area contributed by atoms with Crippen molar-refractivity contribution in [2.45, 2.75) is 11.8 Å².